The van der Waals surface area contributed by atoms with Crippen molar-refractivity contribution in [1.29, 1.82) is 0 Å². The average Bonchev–Trinajstić information content (AvgIpc) is 3.00. The molecule has 3 heteroatoms. The monoisotopic (exact) mass is 278 g/mol. The van der Waals surface area contributed by atoms with E-state index in [4.69, 9.17) is 9.47 Å². The van der Waals surface area contributed by atoms with Gasteiger partial charge in [-0.3, -0.25) is 0 Å². The molecule has 1 saturated heterocycles. The van der Waals surface area contributed by atoms with Crippen molar-refractivity contribution in [1.82, 2.24) is 0 Å². The zero-order valence-electron chi connectivity index (χ0n) is 12.7. The van der Waals surface area contributed by atoms with Crippen LogP contribution in [0.3, 0.4) is 0 Å². The summed E-state index contributed by atoms with van der Waals surface area (Å²) in [4.78, 5) is 11.8. The molecule has 0 spiro atoms. The van der Waals surface area contributed by atoms with Crippen molar-refractivity contribution in [3.8, 4) is 0 Å². The summed E-state index contributed by atoms with van der Waals surface area (Å²) in [7, 11) is 1.44. The minimum Gasteiger partial charge on any atom is -0.466 e. The Labute approximate surface area is 122 Å². The number of hydrogen-bond acceptors (Lipinski definition) is 3. The van der Waals surface area contributed by atoms with E-state index in [1.807, 2.05) is 0 Å². The number of esters is 1. The van der Waals surface area contributed by atoms with E-state index >= 15 is 0 Å². The first-order valence-electron chi connectivity index (χ1n) is 7.78. The Morgan fingerprint density at radius 3 is 2.80 bits per heavy atom. The fourth-order valence-electron chi connectivity index (χ4n) is 3.37. The lowest BCUT2D eigenvalue weighted by atomic mass is 9.91. The smallest absolute Gasteiger partial charge is 0.334 e. The normalized spacial score (nSPS) is 25.2. The van der Waals surface area contributed by atoms with E-state index in [1.54, 1.807) is 0 Å². The number of rotatable bonds is 7. The fraction of sp³-hybridized carbons (Fsp3) is 0.706. The maximum atomic E-state index is 11.8. The van der Waals surface area contributed by atoms with Crippen LogP contribution >= 0.6 is 0 Å². The summed E-state index contributed by atoms with van der Waals surface area (Å²) in [5.41, 5.74) is 3.04. The van der Waals surface area contributed by atoms with E-state index in [0.717, 1.165) is 23.1 Å². The molecule has 0 saturated carbocycles. The Kier molecular flexibility index (Phi) is 5.41. The Balaban J connectivity index is 1.91. The molecular weight excluding hydrogens is 252 g/mol. The fourth-order valence-corrected chi connectivity index (χ4v) is 3.37. The van der Waals surface area contributed by atoms with Gasteiger partial charge in [-0.05, 0) is 12.0 Å². The Morgan fingerprint density at radius 1 is 1.35 bits per heavy atom. The molecule has 1 aliphatic heterocycles. The summed E-state index contributed by atoms with van der Waals surface area (Å²) in [6.07, 6.45) is 8.35. The van der Waals surface area contributed by atoms with Crippen LogP contribution < -0.4 is 0 Å². The van der Waals surface area contributed by atoms with Crippen molar-refractivity contribution in [2.75, 3.05) is 13.7 Å². The first kappa shape index (κ1) is 15.3. The van der Waals surface area contributed by atoms with Gasteiger partial charge in [0.15, 0.2) is 0 Å². The molecule has 0 N–H and O–H groups in total. The van der Waals surface area contributed by atoms with E-state index in [-0.39, 0.29) is 18.0 Å². The summed E-state index contributed by atoms with van der Waals surface area (Å²) in [5, 5.41) is 0. The van der Waals surface area contributed by atoms with E-state index in [1.165, 1.54) is 39.2 Å². The Hall–Kier alpha value is -1.09. The topological polar surface area (TPSA) is 35.5 Å². The third kappa shape index (κ3) is 3.14. The zero-order valence-corrected chi connectivity index (χ0v) is 12.7. The largest absolute Gasteiger partial charge is 0.466 e. The lowest BCUT2D eigenvalue weighted by Gasteiger charge is -2.17. The highest BCUT2D eigenvalue weighted by molar-refractivity contribution is 5.91. The van der Waals surface area contributed by atoms with Crippen molar-refractivity contribution < 1.29 is 14.3 Å². The zero-order chi connectivity index (χ0) is 14.5. The van der Waals surface area contributed by atoms with Crippen LogP contribution in [-0.4, -0.2) is 25.8 Å². The summed E-state index contributed by atoms with van der Waals surface area (Å²) in [6.45, 7) is 6.95. The molecule has 0 aromatic heterocycles. The van der Waals surface area contributed by atoms with E-state index in [2.05, 4.69) is 13.5 Å². The molecule has 0 bridgehead atoms. The highest BCUT2D eigenvalue weighted by atomic mass is 16.5. The van der Waals surface area contributed by atoms with Crippen LogP contribution in [-0.2, 0) is 14.3 Å². The highest BCUT2D eigenvalue weighted by Crippen LogP contribution is 2.45. The maximum absolute atomic E-state index is 11.8. The summed E-state index contributed by atoms with van der Waals surface area (Å²) in [6, 6.07) is 0. The average molecular weight is 278 g/mol. The van der Waals surface area contributed by atoms with E-state index in [0.29, 0.717) is 13.0 Å². The summed E-state index contributed by atoms with van der Waals surface area (Å²) >= 11 is 0. The predicted molar refractivity (Wildman–Crippen MR) is 79.4 cm³/mol. The second kappa shape index (κ2) is 7.07. The van der Waals surface area contributed by atoms with Gasteiger partial charge in [0.2, 0.25) is 0 Å². The van der Waals surface area contributed by atoms with E-state index < -0.39 is 0 Å². The predicted octanol–water partition coefficient (Wildman–Crippen LogP) is 3.79. The van der Waals surface area contributed by atoms with Gasteiger partial charge in [-0.25, -0.2) is 4.79 Å². The van der Waals surface area contributed by atoms with Gasteiger partial charge in [0.05, 0.1) is 19.8 Å². The van der Waals surface area contributed by atoms with Gasteiger partial charge in [-0.2, -0.15) is 0 Å². The van der Waals surface area contributed by atoms with Gasteiger partial charge in [-0.1, -0.05) is 51.2 Å². The minimum atomic E-state index is -0.212. The molecule has 0 aromatic rings. The van der Waals surface area contributed by atoms with Crippen LogP contribution in [0.4, 0.5) is 0 Å². The van der Waals surface area contributed by atoms with Crippen LogP contribution in [0.25, 0.3) is 0 Å². The quantitative estimate of drug-likeness (QED) is 0.404. The standard InChI is InChI=1S/C17H26O3/c1-4-5-6-7-8-9-15-16-12(2)10-13(17(18)19-3)14(16)11-20-15/h15-16H,2,4-11H2,1,3H3/t15-,16-/m1/s1. The molecule has 3 nitrogen and oxygen atoms in total. The van der Waals surface area contributed by atoms with Gasteiger partial charge < -0.3 is 9.47 Å². The third-order valence-corrected chi connectivity index (χ3v) is 4.46. The lowest BCUT2D eigenvalue weighted by Crippen LogP contribution is -2.16. The molecule has 2 atom stereocenters. The van der Waals surface area contributed by atoms with Crippen LogP contribution in [0.15, 0.2) is 23.3 Å². The molecule has 0 radical (unpaired) electrons. The van der Waals surface area contributed by atoms with Gasteiger partial charge >= 0.3 is 5.97 Å². The molecule has 1 aliphatic carbocycles. The van der Waals surface area contributed by atoms with Gasteiger partial charge in [-0.15, -0.1) is 0 Å². The van der Waals surface area contributed by atoms with Crippen molar-refractivity contribution in [3.05, 3.63) is 23.3 Å². The Morgan fingerprint density at radius 2 is 2.10 bits per heavy atom. The van der Waals surface area contributed by atoms with Crippen LogP contribution in [0.1, 0.15) is 51.9 Å². The number of ether oxygens (including phenoxy) is 2. The number of hydrogen-bond donors (Lipinski definition) is 0. The number of methoxy groups -OCH3 is 1. The third-order valence-electron chi connectivity index (χ3n) is 4.46. The van der Waals surface area contributed by atoms with Gasteiger partial charge in [0.25, 0.3) is 0 Å². The van der Waals surface area contributed by atoms with Crippen LogP contribution in [0, 0.1) is 5.92 Å². The summed E-state index contributed by atoms with van der Waals surface area (Å²) in [5.74, 6) is 0.0473. The molecule has 112 valence electrons. The molecule has 1 heterocycles. The molecule has 20 heavy (non-hydrogen) atoms. The SMILES string of the molecule is C=C1CC(C(=O)OC)=C2CO[C@H](CCCCCCC)[C@H]12. The van der Waals surface area contributed by atoms with E-state index in [9.17, 15) is 4.79 Å². The second-order valence-electron chi connectivity index (χ2n) is 5.86. The first-order chi connectivity index (χ1) is 9.69. The van der Waals surface area contributed by atoms with Gasteiger partial charge in [0, 0.05) is 17.9 Å². The van der Waals surface area contributed by atoms with Gasteiger partial charge in [0.1, 0.15) is 0 Å². The molecule has 2 rings (SSSR count). The summed E-state index contributed by atoms with van der Waals surface area (Å²) < 4.78 is 10.8. The molecule has 0 amide bonds. The van der Waals surface area contributed by atoms with Crippen LogP contribution in [0.5, 0.6) is 0 Å². The second-order valence-corrected chi connectivity index (χ2v) is 5.86. The first-order valence-corrected chi connectivity index (χ1v) is 7.78. The molecule has 0 unspecified atom stereocenters. The van der Waals surface area contributed by atoms with Crippen LogP contribution in [0.2, 0.25) is 0 Å². The molecular formula is C17H26O3. The lowest BCUT2D eigenvalue weighted by molar-refractivity contribution is -0.136. The van der Waals surface area contributed by atoms with Crippen molar-refractivity contribution >= 4 is 5.97 Å². The number of carbonyl (C=O) groups is 1. The molecule has 0 aromatic carbocycles. The highest BCUT2D eigenvalue weighted by Gasteiger charge is 2.42. The number of unbranched alkanes of at least 4 members (excludes halogenated alkanes) is 4. The molecule has 2 aliphatic rings. The number of carbonyl (C=O) groups excluding carboxylic acids is 1. The van der Waals surface area contributed by atoms with Crippen molar-refractivity contribution in [3.63, 3.8) is 0 Å². The Bertz CT molecular complexity index is 408. The van der Waals surface area contributed by atoms with Crippen molar-refractivity contribution in [2.24, 2.45) is 5.92 Å². The number of fused-ring (bicyclic) bond motifs is 1. The van der Waals surface area contributed by atoms with Crippen molar-refractivity contribution in [2.45, 2.75) is 58.0 Å². The maximum Gasteiger partial charge on any atom is 0.334 e. The minimum absolute atomic E-state index is 0.212. The molecule has 1 fully saturated rings.